The fraction of sp³-hybridized carbons (Fsp3) is 0.571. The molecule has 0 saturated carbocycles. The fourth-order valence-corrected chi connectivity index (χ4v) is 2.68. The zero-order chi connectivity index (χ0) is 11.7. The average Bonchev–Trinajstić information content (AvgIpc) is 2.97. The molecule has 3 nitrogen and oxygen atoms in total. The van der Waals surface area contributed by atoms with Crippen molar-refractivity contribution in [3.63, 3.8) is 0 Å². The Morgan fingerprint density at radius 3 is 3.12 bits per heavy atom. The molecule has 0 aromatic heterocycles. The van der Waals surface area contributed by atoms with Gasteiger partial charge in [-0.3, -0.25) is 0 Å². The van der Waals surface area contributed by atoms with E-state index in [4.69, 9.17) is 15.2 Å². The Hall–Kier alpha value is -1.06. The molecule has 0 amide bonds. The van der Waals surface area contributed by atoms with Gasteiger partial charge in [0.25, 0.3) is 0 Å². The van der Waals surface area contributed by atoms with Crippen LogP contribution in [0.4, 0.5) is 0 Å². The van der Waals surface area contributed by atoms with Crippen molar-refractivity contribution in [2.75, 3.05) is 13.2 Å². The molecule has 1 aromatic rings. The fourth-order valence-electron chi connectivity index (χ4n) is 2.68. The monoisotopic (exact) mass is 233 g/mol. The first-order chi connectivity index (χ1) is 8.33. The van der Waals surface area contributed by atoms with Crippen LogP contribution in [0.3, 0.4) is 0 Å². The van der Waals surface area contributed by atoms with E-state index >= 15 is 0 Å². The molecule has 1 heterocycles. The summed E-state index contributed by atoms with van der Waals surface area (Å²) in [5, 5.41) is 0. The second-order valence-corrected chi connectivity index (χ2v) is 4.95. The Morgan fingerprint density at radius 2 is 2.29 bits per heavy atom. The SMILES string of the molecule is N[C@@H]1CCc2cc(OCC3CCCO3)ccc21. The summed E-state index contributed by atoms with van der Waals surface area (Å²) in [6.45, 7) is 1.55. The smallest absolute Gasteiger partial charge is 0.119 e. The van der Waals surface area contributed by atoms with Gasteiger partial charge in [0.2, 0.25) is 0 Å². The first kappa shape index (κ1) is 11.1. The van der Waals surface area contributed by atoms with Crippen molar-refractivity contribution in [1.29, 1.82) is 0 Å². The third kappa shape index (κ3) is 2.31. The highest BCUT2D eigenvalue weighted by Gasteiger charge is 2.20. The minimum atomic E-state index is 0.220. The summed E-state index contributed by atoms with van der Waals surface area (Å²) in [7, 11) is 0. The summed E-state index contributed by atoms with van der Waals surface area (Å²) < 4.78 is 11.3. The average molecular weight is 233 g/mol. The Kier molecular flexibility index (Phi) is 3.04. The zero-order valence-electron chi connectivity index (χ0n) is 10.0. The number of aryl methyl sites for hydroxylation is 1. The number of fused-ring (bicyclic) bond motifs is 1. The molecular formula is C14H19NO2. The lowest BCUT2D eigenvalue weighted by molar-refractivity contribution is 0.0679. The van der Waals surface area contributed by atoms with Gasteiger partial charge in [0.05, 0.1) is 6.10 Å². The van der Waals surface area contributed by atoms with E-state index < -0.39 is 0 Å². The second-order valence-electron chi connectivity index (χ2n) is 4.95. The molecule has 1 saturated heterocycles. The van der Waals surface area contributed by atoms with Crippen molar-refractivity contribution >= 4 is 0 Å². The van der Waals surface area contributed by atoms with Crippen molar-refractivity contribution in [2.45, 2.75) is 37.8 Å². The van der Waals surface area contributed by atoms with Crippen LogP contribution in [0.15, 0.2) is 18.2 Å². The van der Waals surface area contributed by atoms with Crippen LogP contribution in [0.5, 0.6) is 5.75 Å². The Morgan fingerprint density at radius 1 is 1.35 bits per heavy atom. The molecule has 2 atom stereocenters. The summed E-state index contributed by atoms with van der Waals surface area (Å²) in [4.78, 5) is 0. The number of rotatable bonds is 3. The molecule has 3 heteroatoms. The lowest BCUT2D eigenvalue weighted by Gasteiger charge is -2.12. The molecule has 2 aliphatic rings. The third-order valence-corrected chi connectivity index (χ3v) is 3.70. The van der Waals surface area contributed by atoms with Gasteiger partial charge < -0.3 is 15.2 Å². The highest BCUT2D eigenvalue weighted by Crippen LogP contribution is 2.32. The lowest BCUT2D eigenvalue weighted by atomic mass is 10.1. The van der Waals surface area contributed by atoms with Crippen molar-refractivity contribution < 1.29 is 9.47 Å². The van der Waals surface area contributed by atoms with Gasteiger partial charge in [-0.05, 0) is 48.9 Å². The summed E-state index contributed by atoms with van der Waals surface area (Å²) in [5.41, 5.74) is 8.65. The zero-order valence-corrected chi connectivity index (χ0v) is 10.0. The topological polar surface area (TPSA) is 44.5 Å². The Balaban J connectivity index is 1.64. The summed E-state index contributed by atoms with van der Waals surface area (Å²) in [5.74, 6) is 0.952. The molecular weight excluding hydrogens is 214 g/mol. The van der Waals surface area contributed by atoms with Crippen molar-refractivity contribution in [2.24, 2.45) is 5.73 Å². The molecule has 3 rings (SSSR count). The number of hydrogen-bond donors (Lipinski definition) is 1. The second kappa shape index (κ2) is 4.67. The van der Waals surface area contributed by atoms with Gasteiger partial charge in [-0.15, -0.1) is 0 Å². The molecule has 17 heavy (non-hydrogen) atoms. The molecule has 0 radical (unpaired) electrons. The van der Waals surface area contributed by atoms with Gasteiger partial charge in [0.15, 0.2) is 0 Å². The molecule has 1 unspecified atom stereocenters. The molecule has 1 aromatic carbocycles. The molecule has 0 bridgehead atoms. The van der Waals surface area contributed by atoms with Gasteiger partial charge in [0, 0.05) is 12.6 Å². The van der Waals surface area contributed by atoms with Crippen molar-refractivity contribution in [3.8, 4) is 5.75 Å². The van der Waals surface area contributed by atoms with Gasteiger partial charge in [-0.2, -0.15) is 0 Å². The highest BCUT2D eigenvalue weighted by atomic mass is 16.5. The maximum absolute atomic E-state index is 6.01. The van der Waals surface area contributed by atoms with Gasteiger partial charge in [0.1, 0.15) is 12.4 Å². The van der Waals surface area contributed by atoms with Crippen LogP contribution >= 0.6 is 0 Å². The van der Waals surface area contributed by atoms with Gasteiger partial charge in [-0.25, -0.2) is 0 Å². The van der Waals surface area contributed by atoms with Crippen LogP contribution in [-0.2, 0) is 11.2 Å². The lowest BCUT2D eigenvalue weighted by Crippen LogP contribution is -2.16. The quantitative estimate of drug-likeness (QED) is 0.870. The molecule has 1 fully saturated rings. The van der Waals surface area contributed by atoms with Crippen LogP contribution in [0, 0.1) is 0 Å². The largest absolute Gasteiger partial charge is 0.491 e. The van der Waals surface area contributed by atoms with E-state index in [-0.39, 0.29) is 12.1 Å². The molecule has 92 valence electrons. The van der Waals surface area contributed by atoms with E-state index in [0.717, 1.165) is 38.0 Å². The maximum Gasteiger partial charge on any atom is 0.119 e. The van der Waals surface area contributed by atoms with E-state index in [0.29, 0.717) is 6.61 Å². The highest BCUT2D eigenvalue weighted by molar-refractivity contribution is 5.40. The van der Waals surface area contributed by atoms with Crippen LogP contribution in [0.2, 0.25) is 0 Å². The summed E-state index contributed by atoms with van der Waals surface area (Å²) in [6, 6.07) is 6.49. The molecule has 2 N–H and O–H groups in total. The number of hydrogen-bond acceptors (Lipinski definition) is 3. The standard InChI is InChI=1S/C14H19NO2/c15-14-6-3-10-8-11(4-5-13(10)14)17-9-12-2-1-7-16-12/h4-5,8,12,14H,1-3,6-7,9,15H2/t12?,14-/m1/s1. The van der Waals surface area contributed by atoms with Crippen LogP contribution < -0.4 is 10.5 Å². The molecule has 1 aliphatic heterocycles. The van der Waals surface area contributed by atoms with Gasteiger partial charge >= 0.3 is 0 Å². The van der Waals surface area contributed by atoms with E-state index in [1.165, 1.54) is 11.1 Å². The maximum atomic E-state index is 6.01. The molecule has 1 aliphatic carbocycles. The van der Waals surface area contributed by atoms with Crippen LogP contribution in [0.25, 0.3) is 0 Å². The molecule has 0 spiro atoms. The summed E-state index contributed by atoms with van der Waals surface area (Å²) >= 11 is 0. The Bertz CT molecular complexity index is 399. The number of ether oxygens (including phenoxy) is 2. The first-order valence-corrected chi connectivity index (χ1v) is 6.46. The van der Waals surface area contributed by atoms with Crippen molar-refractivity contribution in [3.05, 3.63) is 29.3 Å². The normalized spacial score (nSPS) is 27.1. The summed E-state index contributed by atoms with van der Waals surface area (Å²) in [6.07, 6.45) is 4.70. The van der Waals surface area contributed by atoms with Crippen molar-refractivity contribution in [1.82, 2.24) is 0 Å². The van der Waals surface area contributed by atoms with E-state index in [1.54, 1.807) is 0 Å². The predicted molar refractivity (Wildman–Crippen MR) is 66.2 cm³/mol. The minimum Gasteiger partial charge on any atom is -0.491 e. The van der Waals surface area contributed by atoms with E-state index in [9.17, 15) is 0 Å². The Labute approximate surface area is 102 Å². The number of benzene rings is 1. The van der Waals surface area contributed by atoms with E-state index in [2.05, 4.69) is 12.1 Å². The first-order valence-electron chi connectivity index (χ1n) is 6.46. The minimum absolute atomic E-state index is 0.220. The van der Waals surface area contributed by atoms with Crippen LogP contribution in [0.1, 0.15) is 36.4 Å². The number of nitrogens with two attached hydrogens (primary N) is 1. The van der Waals surface area contributed by atoms with Crippen LogP contribution in [-0.4, -0.2) is 19.3 Å². The predicted octanol–water partition coefficient (Wildman–Crippen LogP) is 2.19. The van der Waals surface area contributed by atoms with Gasteiger partial charge in [-0.1, -0.05) is 6.07 Å². The van der Waals surface area contributed by atoms with E-state index in [1.807, 2.05) is 6.07 Å². The third-order valence-electron chi connectivity index (χ3n) is 3.70.